The van der Waals surface area contributed by atoms with Crippen LogP contribution < -0.4 is 0 Å². The Morgan fingerprint density at radius 2 is 0.773 bits per heavy atom. The van der Waals surface area contributed by atoms with Gasteiger partial charge in [-0.15, -0.1) is 0 Å². The zero-order chi connectivity index (χ0) is 31.1. The first-order chi connectivity index (χ1) is 21.2. The van der Waals surface area contributed by atoms with E-state index in [2.05, 4.69) is 126 Å². The number of amides is 2. The molecule has 0 spiro atoms. The van der Waals surface area contributed by atoms with Crippen molar-refractivity contribution in [3.63, 3.8) is 0 Å². The molecule has 2 heterocycles. The van der Waals surface area contributed by atoms with Crippen molar-refractivity contribution in [3.8, 4) is 0 Å². The van der Waals surface area contributed by atoms with Crippen LogP contribution in [-0.4, -0.2) is 21.6 Å². The Labute approximate surface area is 261 Å². The topological polar surface area (TPSA) is 40.6 Å². The maximum absolute atomic E-state index is 14.7. The van der Waals surface area contributed by atoms with E-state index >= 15 is 0 Å². The quantitative estimate of drug-likeness (QED) is 0.211. The predicted octanol–water partition coefficient (Wildman–Crippen LogP) is 8.25. The molecule has 6 rings (SSSR count). The molecule has 0 bridgehead atoms. The molecule has 0 saturated carbocycles. The van der Waals surface area contributed by atoms with Gasteiger partial charge < -0.3 is 9.80 Å². The van der Waals surface area contributed by atoms with E-state index in [1.54, 1.807) is 0 Å². The minimum Gasteiger partial charge on any atom is -0.302 e. The SMILES string of the molecule is CCc1ccc(C2=C3C(=O)N(Cc4cc(C)cc(C)c4)C(c4ccc(CC)cc4)=C3C(=O)N2Cc2cc(C)cc(C)c2)cc1. The third-order valence-electron chi connectivity index (χ3n) is 8.70. The predicted molar refractivity (Wildman–Crippen MR) is 178 cm³/mol. The first kappa shape index (κ1) is 29.4. The molecule has 4 heteroatoms. The number of nitrogens with zero attached hydrogens (tertiary/aromatic N) is 2. The molecule has 0 aromatic heterocycles. The Morgan fingerprint density at radius 3 is 1.07 bits per heavy atom. The monoisotopic (exact) mass is 580 g/mol. The molecule has 0 aliphatic carbocycles. The molecule has 0 unspecified atom stereocenters. The molecule has 4 nitrogen and oxygen atoms in total. The lowest BCUT2D eigenvalue weighted by Gasteiger charge is -2.26. The Bertz CT molecular complexity index is 1660. The standard InChI is InChI=1S/C40H40N2O2/c1-7-29-9-13-33(14-10-29)37-35-36(40(44)41(37)23-31-19-25(3)17-26(4)20-31)38(34-15-11-30(8-2)12-16-34)42(39(35)43)24-32-21-27(5)18-28(6)22-32/h9-22H,7-8,23-24H2,1-6H3. The third kappa shape index (κ3) is 5.41. The van der Waals surface area contributed by atoms with Crippen LogP contribution in [0.25, 0.3) is 11.4 Å². The Balaban J connectivity index is 1.57. The first-order valence-electron chi connectivity index (χ1n) is 15.6. The highest BCUT2D eigenvalue weighted by Crippen LogP contribution is 2.47. The Hall–Kier alpha value is -4.70. The molecule has 0 radical (unpaired) electrons. The number of rotatable bonds is 8. The van der Waals surface area contributed by atoms with Crippen molar-refractivity contribution in [2.75, 3.05) is 0 Å². The van der Waals surface area contributed by atoms with E-state index in [-0.39, 0.29) is 11.8 Å². The summed E-state index contributed by atoms with van der Waals surface area (Å²) in [6.07, 6.45) is 1.84. The zero-order valence-corrected chi connectivity index (χ0v) is 26.6. The van der Waals surface area contributed by atoms with Crippen LogP contribution >= 0.6 is 0 Å². The number of benzene rings is 4. The van der Waals surface area contributed by atoms with Gasteiger partial charge in [-0.3, -0.25) is 9.59 Å². The molecule has 2 aliphatic rings. The van der Waals surface area contributed by atoms with Crippen LogP contribution in [0.5, 0.6) is 0 Å². The molecule has 2 amide bonds. The molecular weight excluding hydrogens is 540 g/mol. The fourth-order valence-corrected chi connectivity index (χ4v) is 6.78. The van der Waals surface area contributed by atoms with Gasteiger partial charge in [0.15, 0.2) is 0 Å². The molecule has 2 aliphatic heterocycles. The largest absolute Gasteiger partial charge is 0.302 e. The number of carbonyl (C=O) groups is 2. The number of hydrogen-bond acceptors (Lipinski definition) is 2. The maximum Gasteiger partial charge on any atom is 0.261 e. The number of carbonyl (C=O) groups excluding carboxylic acids is 2. The van der Waals surface area contributed by atoms with Crippen molar-refractivity contribution in [1.82, 2.24) is 9.80 Å². The van der Waals surface area contributed by atoms with Gasteiger partial charge in [-0.2, -0.15) is 0 Å². The normalized spacial score (nSPS) is 14.8. The minimum absolute atomic E-state index is 0.125. The molecule has 0 fully saturated rings. The zero-order valence-electron chi connectivity index (χ0n) is 26.6. The van der Waals surface area contributed by atoms with Gasteiger partial charge in [0.05, 0.1) is 35.6 Å². The number of aryl methyl sites for hydroxylation is 6. The van der Waals surface area contributed by atoms with Gasteiger partial charge >= 0.3 is 0 Å². The van der Waals surface area contributed by atoms with E-state index in [9.17, 15) is 9.59 Å². The molecule has 0 atom stereocenters. The minimum atomic E-state index is -0.125. The highest BCUT2D eigenvalue weighted by Gasteiger charge is 2.48. The number of hydrogen-bond donors (Lipinski definition) is 0. The first-order valence-corrected chi connectivity index (χ1v) is 15.6. The summed E-state index contributed by atoms with van der Waals surface area (Å²) in [5.41, 5.74) is 13.3. The second kappa shape index (κ2) is 11.8. The second-order valence-corrected chi connectivity index (χ2v) is 12.3. The van der Waals surface area contributed by atoms with Crippen LogP contribution in [0, 0.1) is 27.7 Å². The van der Waals surface area contributed by atoms with Gasteiger partial charge in [-0.25, -0.2) is 0 Å². The summed E-state index contributed by atoms with van der Waals surface area (Å²) >= 11 is 0. The molecule has 0 N–H and O–H groups in total. The molecule has 4 aromatic carbocycles. The van der Waals surface area contributed by atoms with Crippen molar-refractivity contribution >= 4 is 23.2 Å². The van der Waals surface area contributed by atoms with Crippen LogP contribution in [0.3, 0.4) is 0 Å². The van der Waals surface area contributed by atoms with E-state index in [4.69, 9.17) is 0 Å². The lowest BCUT2D eigenvalue weighted by Crippen LogP contribution is -2.29. The summed E-state index contributed by atoms with van der Waals surface area (Å²) in [5.74, 6) is -0.251. The van der Waals surface area contributed by atoms with E-state index < -0.39 is 0 Å². The van der Waals surface area contributed by atoms with Gasteiger partial charge in [-0.1, -0.05) is 121 Å². The summed E-state index contributed by atoms with van der Waals surface area (Å²) in [6.45, 7) is 13.4. The fourth-order valence-electron chi connectivity index (χ4n) is 6.78. The van der Waals surface area contributed by atoms with E-state index in [0.717, 1.165) is 57.3 Å². The molecule has 4 aromatic rings. The van der Waals surface area contributed by atoms with Crippen LogP contribution in [0.1, 0.15) is 69.5 Å². The second-order valence-electron chi connectivity index (χ2n) is 12.3. The van der Waals surface area contributed by atoms with Gasteiger partial charge in [0.25, 0.3) is 11.8 Å². The van der Waals surface area contributed by atoms with Crippen LogP contribution in [-0.2, 0) is 35.5 Å². The maximum atomic E-state index is 14.7. The average Bonchev–Trinajstić information content (AvgIpc) is 3.42. The highest BCUT2D eigenvalue weighted by atomic mass is 16.2. The third-order valence-corrected chi connectivity index (χ3v) is 8.70. The van der Waals surface area contributed by atoms with Gasteiger partial charge in [-0.05, 0) is 73.9 Å². The summed E-state index contributed by atoms with van der Waals surface area (Å²) < 4.78 is 0. The van der Waals surface area contributed by atoms with Gasteiger partial charge in [0, 0.05) is 0 Å². The summed E-state index contributed by atoms with van der Waals surface area (Å²) in [5, 5.41) is 0. The van der Waals surface area contributed by atoms with Crippen molar-refractivity contribution < 1.29 is 9.59 Å². The Kier molecular flexibility index (Phi) is 7.85. The van der Waals surface area contributed by atoms with E-state index in [1.165, 1.54) is 11.1 Å². The summed E-state index contributed by atoms with van der Waals surface area (Å²) in [6, 6.07) is 29.4. The summed E-state index contributed by atoms with van der Waals surface area (Å²) in [4.78, 5) is 33.0. The Morgan fingerprint density at radius 1 is 0.455 bits per heavy atom. The lowest BCUT2D eigenvalue weighted by atomic mass is 10.00. The molecule has 44 heavy (non-hydrogen) atoms. The van der Waals surface area contributed by atoms with Crippen molar-refractivity contribution in [2.24, 2.45) is 0 Å². The summed E-state index contributed by atoms with van der Waals surface area (Å²) in [7, 11) is 0. The lowest BCUT2D eigenvalue weighted by molar-refractivity contribution is -0.124. The van der Waals surface area contributed by atoms with Crippen molar-refractivity contribution in [2.45, 2.75) is 67.5 Å². The van der Waals surface area contributed by atoms with Crippen LogP contribution in [0.4, 0.5) is 0 Å². The fraction of sp³-hybridized carbons (Fsp3) is 0.250. The van der Waals surface area contributed by atoms with E-state index in [1.807, 2.05) is 9.80 Å². The highest BCUT2D eigenvalue weighted by molar-refractivity contribution is 6.30. The van der Waals surface area contributed by atoms with Crippen LogP contribution in [0.15, 0.2) is 96.1 Å². The average molecular weight is 581 g/mol. The van der Waals surface area contributed by atoms with E-state index in [0.29, 0.717) is 35.6 Å². The molecule has 0 saturated heterocycles. The molecule has 222 valence electrons. The van der Waals surface area contributed by atoms with Gasteiger partial charge in [0.2, 0.25) is 0 Å². The number of fused-ring (bicyclic) bond motifs is 1. The van der Waals surface area contributed by atoms with Gasteiger partial charge in [0.1, 0.15) is 0 Å². The molecular formula is C40H40N2O2. The van der Waals surface area contributed by atoms with Crippen molar-refractivity contribution in [3.05, 3.63) is 152 Å². The van der Waals surface area contributed by atoms with Crippen molar-refractivity contribution in [1.29, 1.82) is 0 Å². The van der Waals surface area contributed by atoms with Crippen LogP contribution in [0.2, 0.25) is 0 Å². The smallest absolute Gasteiger partial charge is 0.261 e.